The molecule has 1 aromatic heterocycles. The van der Waals surface area contributed by atoms with Crippen LogP contribution in [0.25, 0.3) is 0 Å². The highest BCUT2D eigenvalue weighted by molar-refractivity contribution is 6.44. The zero-order valence-corrected chi connectivity index (χ0v) is 13.6. The molecule has 21 heavy (non-hydrogen) atoms. The largest absolute Gasteiger partial charge is 0.478 e. The molecule has 0 bridgehead atoms. The van der Waals surface area contributed by atoms with Crippen molar-refractivity contribution in [3.05, 3.63) is 27.5 Å². The van der Waals surface area contributed by atoms with Crippen molar-refractivity contribution in [3.63, 3.8) is 0 Å². The summed E-state index contributed by atoms with van der Waals surface area (Å²) in [5.41, 5.74) is -1.24. The Bertz CT molecular complexity index is 500. The predicted molar refractivity (Wildman–Crippen MR) is 81.6 cm³/mol. The summed E-state index contributed by atoms with van der Waals surface area (Å²) in [5.74, 6) is -2.96. The second kappa shape index (κ2) is 9.55. The number of aromatic nitrogens is 1. The van der Waals surface area contributed by atoms with E-state index in [1.807, 2.05) is 0 Å². The highest BCUT2D eigenvalue weighted by atomic mass is 35.5. The molecular weight excluding hydrogens is 319 g/mol. The average molecular weight is 337 g/mol. The van der Waals surface area contributed by atoms with Crippen LogP contribution in [0.3, 0.4) is 0 Å². The molecule has 0 aliphatic carbocycles. The Morgan fingerprint density at radius 1 is 1.10 bits per heavy atom. The van der Waals surface area contributed by atoms with Crippen LogP contribution in [0.15, 0.2) is 6.20 Å². The van der Waals surface area contributed by atoms with Gasteiger partial charge in [-0.25, -0.2) is 14.6 Å². The van der Waals surface area contributed by atoms with Gasteiger partial charge in [0.2, 0.25) is 0 Å². The molecule has 0 spiro atoms. The van der Waals surface area contributed by atoms with E-state index in [-0.39, 0.29) is 10.0 Å². The summed E-state index contributed by atoms with van der Waals surface area (Å²) in [4.78, 5) is 27.0. The van der Waals surface area contributed by atoms with E-state index >= 15 is 0 Å². The Balaban J connectivity index is 0.000000486. The van der Waals surface area contributed by atoms with Gasteiger partial charge in [-0.05, 0) is 19.6 Å². The lowest BCUT2D eigenvalue weighted by Gasteiger charge is -2.13. The van der Waals surface area contributed by atoms with Crippen LogP contribution in [-0.2, 0) is 0 Å². The standard InChI is InChI=1S/C7H3Cl2NO4.C6H15N/c8-2-1-10-5(7(13)14)3(4(2)9)6(11)12;1-4-7(5-2)6-3/h1H,(H,11,12)(H,13,14);4-6H2,1-3H3. The van der Waals surface area contributed by atoms with Crippen molar-refractivity contribution in [1.82, 2.24) is 9.88 Å². The summed E-state index contributed by atoms with van der Waals surface area (Å²) in [6.45, 7) is 10.1. The highest BCUT2D eigenvalue weighted by Gasteiger charge is 2.22. The average Bonchev–Trinajstić information content (AvgIpc) is 2.43. The van der Waals surface area contributed by atoms with Crippen molar-refractivity contribution in [2.75, 3.05) is 19.6 Å². The molecule has 1 heterocycles. The van der Waals surface area contributed by atoms with E-state index in [4.69, 9.17) is 33.4 Å². The first-order valence-electron chi connectivity index (χ1n) is 6.32. The van der Waals surface area contributed by atoms with Crippen LogP contribution < -0.4 is 0 Å². The number of aromatic carboxylic acids is 2. The summed E-state index contributed by atoms with van der Waals surface area (Å²) < 4.78 is 0. The van der Waals surface area contributed by atoms with Crippen LogP contribution >= 0.6 is 23.2 Å². The van der Waals surface area contributed by atoms with Crippen LogP contribution in [0.1, 0.15) is 41.6 Å². The maximum Gasteiger partial charge on any atom is 0.355 e. The summed E-state index contributed by atoms with van der Waals surface area (Å²) in [6, 6.07) is 0. The third-order valence-electron chi connectivity index (χ3n) is 2.73. The minimum absolute atomic E-state index is 0.103. The van der Waals surface area contributed by atoms with E-state index in [9.17, 15) is 9.59 Å². The maximum atomic E-state index is 10.7. The van der Waals surface area contributed by atoms with E-state index in [0.717, 1.165) is 6.20 Å². The molecule has 6 nitrogen and oxygen atoms in total. The second-order valence-corrected chi connectivity index (χ2v) is 4.66. The van der Waals surface area contributed by atoms with Crippen LogP contribution in [0.4, 0.5) is 0 Å². The lowest BCUT2D eigenvalue weighted by Crippen LogP contribution is -2.21. The normalized spacial score (nSPS) is 10.0. The van der Waals surface area contributed by atoms with Gasteiger partial charge in [0.15, 0.2) is 5.69 Å². The van der Waals surface area contributed by atoms with Gasteiger partial charge < -0.3 is 15.1 Å². The molecule has 0 aliphatic rings. The Labute approximate surface area is 133 Å². The molecule has 0 atom stereocenters. The molecule has 0 aliphatic heterocycles. The monoisotopic (exact) mass is 336 g/mol. The fraction of sp³-hybridized carbons (Fsp3) is 0.462. The van der Waals surface area contributed by atoms with Gasteiger partial charge in [0.1, 0.15) is 5.56 Å². The number of pyridine rings is 1. The molecular formula is C13H18Cl2N2O4. The molecule has 0 amide bonds. The van der Waals surface area contributed by atoms with Gasteiger partial charge in [-0.2, -0.15) is 0 Å². The number of carboxylic acids is 2. The molecule has 1 rings (SSSR count). The summed E-state index contributed by atoms with van der Waals surface area (Å²) >= 11 is 11.0. The van der Waals surface area contributed by atoms with Crippen molar-refractivity contribution in [2.24, 2.45) is 0 Å². The van der Waals surface area contributed by atoms with Gasteiger partial charge in [-0.1, -0.05) is 44.0 Å². The zero-order chi connectivity index (χ0) is 16.6. The molecule has 0 aromatic carbocycles. The first kappa shape index (κ1) is 19.6. The van der Waals surface area contributed by atoms with Crippen molar-refractivity contribution in [3.8, 4) is 0 Å². The first-order valence-corrected chi connectivity index (χ1v) is 7.08. The predicted octanol–water partition coefficient (Wildman–Crippen LogP) is 3.13. The molecule has 118 valence electrons. The molecule has 0 unspecified atom stereocenters. The van der Waals surface area contributed by atoms with E-state index in [0.29, 0.717) is 0 Å². The summed E-state index contributed by atoms with van der Waals surface area (Å²) in [5, 5.41) is 16.8. The van der Waals surface area contributed by atoms with Gasteiger partial charge >= 0.3 is 11.9 Å². The Morgan fingerprint density at radius 3 is 1.86 bits per heavy atom. The number of rotatable bonds is 5. The third-order valence-corrected chi connectivity index (χ3v) is 3.51. The van der Waals surface area contributed by atoms with Crippen molar-refractivity contribution in [2.45, 2.75) is 20.8 Å². The zero-order valence-electron chi connectivity index (χ0n) is 12.1. The molecule has 1 aromatic rings. The van der Waals surface area contributed by atoms with Gasteiger partial charge in [0, 0.05) is 6.20 Å². The molecule has 0 saturated carbocycles. The van der Waals surface area contributed by atoms with E-state index in [1.54, 1.807) is 0 Å². The number of halogens is 2. The second-order valence-electron chi connectivity index (χ2n) is 3.87. The van der Waals surface area contributed by atoms with Gasteiger partial charge in [0.25, 0.3) is 0 Å². The molecule has 0 saturated heterocycles. The first-order chi connectivity index (χ1) is 9.79. The number of hydrogen-bond donors (Lipinski definition) is 2. The third kappa shape index (κ3) is 5.87. The van der Waals surface area contributed by atoms with E-state index < -0.39 is 23.2 Å². The lowest BCUT2D eigenvalue weighted by atomic mass is 10.2. The molecule has 0 fully saturated rings. The van der Waals surface area contributed by atoms with Crippen LogP contribution in [-0.4, -0.2) is 51.7 Å². The van der Waals surface area contributed by atoms with Crippen LogP contribution in [0.5, 0.6) is 0 Å². The van der Waals surface area contributed by atoms with Gasteiger partial charge in [-0.3, -0.25) is 0 Å². The van der Waals surface area contributed by atoms with E-state index in [1.165, 1.54) is 19.6 Å². The Morgan fingerprint density at radius 2 is 1.57 bits per heavy atom. The molecule has 2 N–H and O–H groups in total. The van der Waals surface area contributed by atoms with Crippen LogP contribution in [0, 0.1) is 0 Å². The quantitative estimate of drug-likeness (QED) is 0.858. The molecule has 0 radical (unpaired) electrons. The topological polar surface area (TPSA) is 90.7 Å². The lowest BCUT2D eigenvalue weighted by molar-refractivity contribution is 0.0646. The molecule has 8 heteroatoms. The number of carboxylic acid groups (broad SMARTS) is 2. The number of nitrogens with zero attached hydrogens (tertiary/aromatic N) is 2. The van der Waals surface area contributed by atoms with Crippen molar-refractivity contribution < 1.29 is 19.8 Å². The summed E-state index contributed by atoms with van der Waals surface area (Å²) in [7, 11) is 0. The highest BCUT2D eigenvalue weighted by Crippen LogP contribution is 2.26. The SMILES string of the molecule is CCN(CC)CC.O=C(O)c1ncc(Cl)c(Cl)c1C(=O)O. The van der Waals surface area contributed by atoms with E-state index in [2.05, 4.69) is 30.7 Å². The fourth-order valence-electron chi connectivity index (χ4n) is 1.49. The van der Waals surface area contributed by atoms with Crippen LogP contribution in [0.2, 0.25) is 10.0 Å². The number of carbonyl (C=O) groups is 2. The van der Waals surface area contributed by atoms with Crippen molar-refractivity contribution in [1.29, 1.82) is 0 Å². The fourth-order valence-corrected chi connectivity index (χ4v) is 1.86. The summed E-state index contributed by atoms with van der Waals surface area (Å²) in [6.07, 6.45) is 0.986. The van der Waals surface area contributed by atoms with Crippen molar-refractivity contribution >= 4 is 35.1 Å². The van der Waals surface area contributed by atoms with Gasteiger partial charge in [0.05, 0.1) is 10.0 Å². The maximum absolute atomic E-state index is 10.7. The Kier molecular flexibility index (Phi) is 8.92. The number of hydrogen-bond acceptors (Lipinski definition) is 4. The smallest absolute Gasteiger partial charge is 0.355 e. The minimum atomic E-state index is -1.48. The van der Waals surface area contributed by atoms with Gasteiger partial charge in [-0.15, -0.1) is 0 Å². The minimum Gasteiger partial charge on any atom is -0.478 e. The Hall–Kier alpha value is -1.37.